The van der Waals surface area contributed by atoms with E-state index in [0.717, 1.165) is 42.6 Å². The normalized spacial score (nSPS) is 14.7. The average Bonchev–Trinajstić information content (AvgIpc) is 3.11. The molecule has 0 saturated carbocycles. The fourth-order valence-electron chi connectivity index (χ4n) is 3.67. The molecule has 1 amide bonds. The second kappa shape index (κ2) is 8.98. The molecule has 3 aromatic rings. The number of carbonyl (C=O) groups excluding carboxylic acids is 1. The zero-order valence-corrected chi connectivity index (χ0v) is 18.7. The van der Waals surface area contributed by atoms with Gasteiger partial charge in [0.15, 0.2) is 0 Å². The number of nitrogens with one attached hydrogen (secondary N) is 2. The quantitative estimate of drug-likeness (QED) is 0.488. The zero-order valence-electron chi connectivity index (χ0n) is 16.4. The van der Waals surface area contributed by atoms with E-state index in [4.69, 9.17) is 34.8 Å². The number of hydrogen-bond donors (Lipinski definition) is 2. The summed E-state index contributed by atoms with van der Waals surface area (Å²) >= 11 is 19.0. The molecule has 2 heterocycles. The van der Waals surface area contributed by atoms with Crippen LogP contribution in [0.5, 0.6) is 0 Å². The number of rotatable bonds is 4. The Morgan fingerprint density at radius 3 is 2.37 bits per heavy atom. The van der Waals surface area contributed by atoms with E-state index in [0.29, 0.717) is 32.0 Å². The predicted molar refractivity (Wildman–Crippen MR) is 122 cm³/mol. The second-order valence-corrected chi connectivity index (χ2v) is 8.63. The number of halogens is 3. The van der Waals surface area contributed by atoms with E-state index in [1.54, 1.807) is 6.07 Å². The number of amides is 1. The van der Waals surface area contributed by atoms with E-state index in [-0.39, 0.29) is 5.91 Å². The molecule has 1 fully saturated rings. The van der Waals surface area contributed by atoms with Crippen molar-refractivity contribution in [3.05, 3.63) is 62.7 Å². The zero-order chi connectivity index (χ0) is 21.3. The van der Waals surface area contributed by atoms with E-state index in [9.17, 15) is 4.79 Å². The SMILES string of the molecule is Cc1c(-c2cc(-c3ccc(Cl)cc3)c(Cl)cc2Cl)n[nH]c1C(=O)NN1CCCCC1. The fourth-order valence-corrected chi connectivity index (χ4v) is 4.38. The summed E-state index contributed by atoms with van der Waals surface area (Å²) in [5.74, 6) is -0.198. The second-order valence-electron chi connectivity index (χ2n) is 7.38. The van der Waals surface area contributed by atoms with Crippen molar-refractivity contribution in [2.45, 2.75) is 26.2 Å². The molecule has 0 radical (unpaired) electrons. The van der Waals surface area contributed by atoms with Crippen molar-refractivity contribution in [1.29, 1.82) is 0 Å². The van der Waals surface area contributed by atoms with E-state index < -0.39 is 0 Å². The van der Waals surface area contributed by atoms with Gasteiger partial charge in [0.25, 0.3) is 5.91 Å². The first-order valence-electron chi connectivity index (χ1n) is 9.80. The van der Waals surface area contributed by atoms with Crippen LogP contribution in [-0.4, -0.2) is 34.2 Å². The first kappa shape index (κ1) is 21.2. The molecule has 8 heteroatoms. The minimum absolute atomic E-state index is 0.198. The molecular formula is C22H21Cl3N4O. The number of H-pyrrole nitrogens is 1. The number of hydrogen-bond acceptors (Lipinski definition) is 3. The van der Waals surface area contributed by atoms with Crippen LogP contribution in [0.15, 0.2) is 36.4 Å². The van der Waals surface area contributed by atoms with Gasteiger partial charge in [-0.25, -0.2) is 5.01 Å². The van der Waals surface area contributed by atoms with Crippen molar-refractivity contribution in [2.24, 2.45) is 0 Å². The van der Waals surface area contributed by atoms with E-state index in [2.05, 4.69) is 15.6 Å². The fraction of sp³-hybridized carbons (Fsp3) is 0.273. The molecule has 0 atom stereocenters. The lowest BCUT2D eigenvalue weighted by Crippen LogP contribution is -2.45. The number of aromatic amines is 1. The third-order valence-corrected chi connectivity index (χ3v) is 6.20. The van der Waals surface area contributed by atoms with Gasteiger partial charge in [0.2, 0.25) is 0 Å². The Hall–Kier alpha value is -2.05. The molecule has 30 heavy (non-hydrogen) atoms. The average molecular weight is 464 g/mol. The minimum Gasteiger partial charge on any atom is -0.283 e. The molecule has 1 saturated heterocycles. The standard InChI is InChI=1S/C22H21Cl3N4O/c1-13-20(26-27-21(13)22(30)28-29-9-3-2-4-10-29)17-11-16(18(24)12-19(17)25)14-5-7-15(23)8-6-14/h5-8,11-12H,2-4,9-10H2,1H3,(H,26,27)(H,28,30). The molecule has 2 aromatic carbocycles. The summed E-state index contributed by atoms with van der Waals surface area (Å²) in [6.07, 6.45) is 3.37. The van der Waals surface area contributed by atoms with Crippen molar-refractivity contribution in [3.63, 3.8) is 0 Å². The van der Waals surface area contributed by atoms with Gasteiger partial charge in [-0.2, -0.15) is 5.10 Å². The van der Waals surface area contributed by atoms with Crippen LogP contribution in [0.4, 0.5) is 0 Å². The highest BCUT2D eigenvalue weighted by molar-refractivity contribution is 6.38. The third kappa shape index (κ3) is 4.35. The Kier molecular flexibility index (Phi) is 6.34. The Balaban J connectivity index is 1.66. The summed E-state index contributed by atoms with van der Waals surface area (Å²) in [6, 6.07) is 11.0. The van der Waals surface area contributed by atoms with Crippen molar-refractivity contribution >= 4 is 40.7 Å². The smallest absolute Gasteiger partial charge is 0.283 e. The van der Waals surface area contributed by atoms with Crippen LogP contribution >= 0.6 is 34.8 Å². The molecule has 1 aliphatic heterocycles. The Labute approximate surface area is 190 Å². The van der Waals surface area contributed by atoms with Crippen molar-refractivity contribution in [2.75, 3.05) is 13.1 Å². The molecule has 0 unspecified atom stereocenters. The largest absolute Gasteiger partial charge is 0.283 e. The first-order chi connectivity index (χ1) is 14.4. The summed E-state index contributed by atoms with van der Waals surface area (Å²) in [5, 5.41) is 10.9. The van der Waals surface area contributed by atoms with E-state index >= 15 is 0 Å². The van der Waals surface area contributed by atoms with Crippen LogP contribution in [-0.2, 0) is 0 Å². The van der Waals surface area contributed by atoms with Crippen molar-refractivity contribution in [1.82, 2.24) is 20.6 Å². The molecular weight excluding hydrogens is 443 g/mol. The molecule has 0 bridgehead atoms. The monoisotopic (exact) mass is 462 g/mol. The number of nitrogens with zero attached hydrogens (tertiary/aromatic N) is 2. The van der Waals surface area contributed by atoms with Crippen LogP contribution in [0.3, 0.4) is 0 Å². The summed E-state index contributed by atoms with van der Waals surface area (Å²) in [5.41, 5.74) is 7.18. The first-order valence-corrected chi connectivity index (χ1v) is 10.9. The van der Waals surface area contributed by atoms with Crippen LogP contribution in [0.1, 0.15) is 35.3 Å². The van der Waals surface area contributed by atoms with Gasteiger partial charge in [-0.15, -0.1) is 0 Å². The van der Waals surface area contributed by atoms with Crippen molar-refractivity contribution < 1.29 is 4.79 Å². The Morgan fingerprint density at radius 1 is 1.00 bits per heavy atom. The number of piperidine rings is 1. The topological polar surface area (TPSA) is 61.0 Å². The lowest BCUT2D eigenvalue weighted by atomic mass is 9.99. The molecule has 1 aromatic heterocycles. The van der Waals surface area contributed by atoms with E-state index in [1.165, 1.54) is 6.42 Å². The summed E-state index contributed by atoms with van der Waals surface area (Å²) in [7, 11) is 0. The highest BCUT2D eigenvalue weighted by Crippen LogP contribution is 2.38. The maximum absolute atomic E-state index is 12.7. The molecule has 4 rings (SSSR count). The number of hydrazine groups is 1. The highest BCUT2D eigenvalue weighted by atomic mass is 35.5. The van der Waals surface area contributed by atoms with Gasteiger partial charge in [0, 0.05) is 39.8 Å². The highest BCUT2D eigenvalue weighted by Gasteiger charge is 2.22. The number of benzene rings is 2. The van der Waals surface area contributed by atoms with Gasteiger partial charge in [0.05, 0.1) is 10.7 Å². The summed E-state index contributed by atoms with van der Waals surface area (Å²) in [6.45, 7) is 3.58. The predicted octanol–water partition coefficient (Wildman–Crippen LogP) is 6.14. The maximum atomic E-state index is 12.7. The number of carbonyl (C=O) groups is 1. The lowest BCUT2D eigenvalue weighted by Gasteiger charge is -2.26. The van der Waals surface area contributed by atoms with Crippen LogP contribution in [0.2, 0.25) is 15.1 Å². The van der Waals surface area contributed by atoms with Gasteiger partial charge in [0.1, 0.15) is 5.69 Å². The Morgan fingerprint density at radius 2 is 1.67 bits per heavy atom. The minimum atomic E-state index is -0.198. The third-order valence-electron chi connectivity index (χ3n) is 5.32. The lowest BCUT2D eigenvalue weighted by molar-refractivity contribution is 0.0744. The molecule has 1 aliphatic rings. The van der Waals surface area contributed by atoms with E-state index in [1.807, 2.05) is 42.3 Å². The summed E-state index contributed by atoms with van der Waals surface area (Å²) in [4.78, 5) is 12.7. The van der Waals surface area contributed by atoms with Crippen LogP contribution < -0.4 is 5.43 Å². The molecule has 0 aliphatic carbocycles. The summed E-state index contributed by atoms with van der Waals surface area (Å²) < 4.78 is 0. The molecule has 5 nitrogen and oxygen atoms in total. The maximum Gasteiger partial charge on any atom is 0.283 e. The number of aromatic nitrogens is 2. The Bertz CT molecular complexity index is 1070. The van der Waals surface area contributed by atoms with Gasteiger partial charge in [-0.3, -0.25) is 15.3 Å². The molecule has 0 spiro atoms. The van der Waals surface area contributed by atoms with Gasteiger partial charge >= 0.3 is 0 Å². The van der Waals surface area contributed by atoms with Crippen LogP contribution in [0.25, 0.3) is 22.4 Å². The van der Waals surface area contributed by atoms with Gasteiger partial charge in [-0.05, 0) is 49.6 Å². The van der Waals surface area contributed by atoms with Gasteiger partial charge < -0.3 is 0 Å². The van der Waals surface area contributed by atoms with Crippen molar-refractivity contribution in [3.8, 4) is 22.4 Å². The molecule has 156 valence electrons. The molecule has 2 N–H and O–H groups in total. The van der Waals surface area contributed by atoms with Gasteiger partial charge in [-0.1, -0.05) is 53.4 Å². The van der Waals surface area contributed by atoms with Crippen LogP contribution in [0, 0.1) is 6.92 Å².